The number of aryl methyl sites for hydroxylation is 1. The molecule has 0 atom stereocenters. The van der Waals surface area contributed by atoms with Crippen molar-refractivity contribution in [2.24, 2.45) is 0 Å². The van der Waals surface area contributed by atoms with Crippen molar-refractivity contribution >= 4 is 35.0 Å². The molecule has 1 amide bonds. The van der Waals surface area contributed by atoms with Crippen LogP contribution in [0.4, 0.5) is 5.69 Å². The van der Waals surface area contributed by atoms with Gasteiger partial charge in [-0.3, -0.25) is 4.79 Å². The van der Waals surface area contributed by atoms with Crippen LogP contribution in [0.2, 0.25) is 5.15 Å². The van der Waals surface area contributed by atoms with Gasteiger partial charge in [0.15, 0.2) is 0 Å². The minimum Gasteiger partial charge on any atom is -0.326 e. The quantitative estimate of drug-likeness (QED) is 0.839. The largest absolute Gasteiger partial charge is 0.326 e. The Morgan fingerprint density at radius 3 is 2.62 bits per heavy atom. The van der Waals surface area contributed by atoms with Crippen molar-refractivity contribution in [2.75, 3.05) is 5.32 Å². The molecular weight excluding hydrogens is 306 g/mol. The standard InChI is InChI=1S/C15H16ClN3OS/c1-3-4-14-18-13(16)9-15(19-14)21-12-7-5-11(6-8-12)17-10(2)20/h5-9H,3-4H2,1-2H3,(H,17,20). The number of nitrogens with zero attached hydrogens (tertiary/aromatic N) is 2. The molecule has 1 N–H and O–H groups in total. The Hall–Kier alpha value is -1.59. The summed E-state index contributed by atoms with van der Waals surface area (Å²) in [4.78, 5) is 20.7. The number of carbonyl (C=O) groups is 1. The van der Waals surface area contributed by atoms with Crippen LogP contribution in [0.15, 0.2) is 40.3 Å². The molecule has 1 heterocycles. The van der Waals surface area contributed by atoms with Crippen LogP contribution in [-0.4, -0.2) is 15.9 Å². The summed E-state index contributed by atoms with van der Waals surface area (Å²) in [7, 11) is 0. The first-order valence-corrected chi connectivity index (χ1v) is 7.85. The minimum absolute atomic E-state index is 0.0813. The molecule has 110 valence electrons. The summed E-state index contributed by atoms with van der Waals surface area (Å²) in [5.41, 5.74) is 0.777. The van der Waals surface area contributed by atoms with Crippen molar-refractivity contribution < 1.29 is 4.79 Å². The third kappa shape index (κ3) is 5.02. The van der Waals surface area contributed by atoms with Crippen LogP contribution in [0.1, 0.15) is 26.1 Å². The van der Waals surface area contributed by atoms with Crippen molar-refractivity contribution in [2.45, 2.75) is 36.6 Å². The maximum absolute atomic E-state index is 11.0. The molecule has 0 fully saturated rings. The lowest BCUT2D eigenvalue weighted by atomic mass is 10.3. The van der Waals surface area contributed by atoms with Gasteiger partial charge in [0.25, 0.3) is 0 Å². The van der Waals surface area contributed by atoms with E-state index in [0.717, 1.165) is 34.3 Å². The van der Waals surface area contributed by atoms with Gasteiger partial charge in [-0.15, -0.1) is 0 Å². The van der Waals surface area contributed by atoms with Crippen LogP contribution >= 0.6 is 23.4 Å². The molecular formula is C15H16ClN3OS. The Bertz CT molecular complexity index is 631. The molecule has 21 heavy (non-hydrogen) atoms. The Morgan fingerprint density at radius 1 is 1.29 bits per heavy atom. The van der Waals surface area contributed by atoms with Crippen molar-refractivity contribution in [1.29, 1.82) is 0 Å². The fraction of sp³-hybridized carbons (Fsp3) is 0.267. The molecule has 0 bridgehead atoms. The Kier molecular flexibility index (Phi) is 5.59. The zero-order valence-corrected chi connectivity index (χ0v) is 13.5. The molecule has 1 aromatic heterocycles. The first-order valence-electron chi connectivity index (χ1n) is 6.66. The third-order valence-electron chi connectivity index (χ3n) is 2.59. The number of rotatable bonds is 5. The Balaban J connectivity index is 2.12. The summed E-state index contributed by atoms with van der Waals surface area (Å²) in [5, 5.41) is 4.02. The second kappa shape index (κ2) is 7.43. The molecule has 0 saturated carbocycles. The van der Waals surface area contributed by atoms with E-state index in [2.05, 4.69) is 22.2 Å². The van der Waals surface area contributed by atoms with E-state index >= 15 is 0 Å². The van der Waals surface area contributed by atoms with E-state index in [9.17, 15) is 4.79 Å². The molecule has 4 nitrogen and oxygen atoms in total. The zero-order chi connectivity index (χ0) is 15.2. The fourth-order valence-electron chi connectivity index (χ4n) is 1.76. The van der Waals surface area contributed by atoms with Gasteiger partial charge in [-0.1, -0.05) is 30.3 Å². The highest BCUT2D eigenvalue weighted by atomic mass is 35.5. The second-order valence-electron chi connectivity index (χ2n) is 4.50. The summed E-state index contributed by atoms with van der Waals surface area (Å²) in [6, 6.07) is 9.35. The lowest BCUT2D eigenvalue weighted by Crippen LogP contribution is -2.05. The highest BCUT2D eigenvalue weighted by molar-refractivity contribution is 7.99. The predicted molar refractivity (Wildman–Crippen MR) is 85.9 cm³/mol. The SMILES string of the molecule is CCCc1nc(Cl)cc(Sc2ccc(NC(C)=O)cc2)n1. The summed E-state index contributed by atoms with van der Waals surface area (Å²) in [6.45, 7) is 3.57. The number of amides is 1. The van der Waals surface area contributed by atoms with E-state index in [0.29, 0.717) is 5.15 Å². The molecule has 0 aliphatic rings. The predicted octanol–water partition coefficient (Wildman–Crippen LogP) is 4.19. The molecule has 0 radical (unpaired) electrons. The van der Waals surface area contributed by atoms with E-state index in [-0.39, 0.29) is 5.91 Å². The molecule has 0 aliphatic heterocycles. The highest BCUT2D eigenvalue weighted by Gasteiger charge is 2.05. The number of benzene rings is 1. The summed E-state index contributed by atoms with van der Waals surface area (Å²) < 4.78 is 0. The highest BCUT2D eigenvalue weighted by Crippen LogP contribution is 2.28. The number of anilines is 1. The molecule has 0 unspecified atom stereocenters. The maximum Gasteiger partial charge on any atom is 0.221 e. The molecule has 2 rings (SSSR count). The van der Waals surface area contributed by atoms with Crippen LogP contribution in [0.3, 0.4) is 0 Å². The molecule has 0 aliphatic carbocycles. The van der Waals surface area contributed by atoms with Crippen molar-refractivity contribution in [3.8, 4) is 0 Å². The van der Waals surface area contributed by atoms with Gasteiger partial charge in [-0.05, 0) is 30.7 Å². The normalized spacial score (nSPS) is 10.4. The summed E-state index contributed by atoms with van der Waals surface area (Å²) in [6.07, 6.45) is 1.80. The smallest absolute Gasteiger partial charge is 0.221 e. The topological polar surface area (TPSA) is 54.9 Å². The van der Waals surface area contributed by atoms with Crippen LogP contribution < -0.4 is 5.32 Å². The average molecular weight is 322 g/mol. The number of nitrogens with one attached hydrogen (secondary N) is 1. The van der Waals surface area contributed by atoms with E-state index in [1.807, 2.05) is 24.3 Å². The first kappa shape index (κ1) is 15.8. The zero-order valence-electron chi connectivity index (χ0n) is 11.9. The van der Waals surface area contributed by atoms with Crippen molar-refractivity contribution in [3.05, 3.63) is 41.3 Å². The van der Waals surface area contributed by atoms with Crippen LogP contribution in [0, 0.1) is 0 Å². The van der Waals surface area contributed by atoms with E-state index < -0.39 is 0 Å². The van der Waals surface area contributed by atoms with Gasteiger partial charge in [0.1, 0.15) is 16.0 Å². The summed E-state index contributed by atoms with van der Waals surface area (Å²) in [5.74, 6) is 0.685. The third-order valence-corrected chi connectivity index (χ3v) is 3.71. The van der Waals surface area contributed by atoms with Gasteiger partial charge in [0.2, 0.25) is 5.91 Å². The van der Waals surface area contributed by atoms with Gasteiger partial charge in [0.05, 0.1) is 0 Å². The average Bonchev–Trinajstić information content (AvgIpc) is 2.40. The number of hydrogen-bond donors (Lipinski definition) is 1. The molecule has 1 aromatic carbocycles. The van der Waals surface area contributed by atoms with Gasteiger partial charge in [-0.2, -0.15) is 0 Å². The molecule has 2 aromatic rings. The maximum atomic E-state index is 11.0. The van der Waals surface area contributed by atoms with Crippen molar-refractivity contribution in [3.63, 3.8) is 0 Å². The van der Waals surface area contributed by atoms with Gasteiger partial charge in [-0.25, -0.2) is 9.97 Å². The minimum atomic E-state index is -0.0813. The molecule has 0 spiro atoms. The first-order chi connectivity index (χ1) is 10.1. The van der Waals surface area contributed by atoms with Gasteiger partial charge in [0, 0.05) is 30.0 Å². The van der Waals surface area contributed by atoms with Gasteiger partial charge >= 0.3 is 0 Å². The van der Waals surface area contributed by atoms with Crippen LogP contribution in [0.25, 0.3) is 0 Å². The Labute approximate surface area is 133 Å². The number of hydrogen-bond acceptors (Lipinski definition) is 4. The van der Waals surface area contributed by atoms with E-state index in [1.165, 1.54) is 18.7 Å². The monoisotopic (exact) mass is 321 g/mol. The van der Waals surface area contributed by atoms with Crippen molar-refractivity contribution in [1.82, 2.24) is 9.97 Å². The van der Waals surface area contributed by atoms with Crippen LogP contribution in [0.5, 0.6) is 0 Å². The Morgan fingerprint density at radius 2 is 2.00 bits per heavy atom. The van der Waals surface area contributed by atoms with Crippen LogP contribution in [-0.2, 0) is 11.2 Å². The molecule has 0 saturated heterocycles. The lowest BCUT2D eigenvalue weighted by Gasteiger charge is -2.06. The number of aromatic nitrogens is 2. The van der Waals surface area contributed by atoms with Gasteiger partial charge < -0.3 is 5.32 Å². The summed E-state index contributed by atoms with van der Waals surface area (Å²) >= 11 is 7.54. The van der Waals surface area contributed by atoms with E-state index in [4.69, 9.17) is 11.6 Å². The fourth-order valence-corrected chi connectivity index (χ4v) is 2.86. The number of carbonyl (C=O) groups excluding carboxylic acids is 1. The second-order valence-corrected chi connectivity index (χ2v) is 5.98. The lowest BCUT2D eigenvalue weighted by molar-refractivity contribution is -0.114. The number of halogens is 1. The van der Waals surface area contributed by atoms with E-state index in [1.54, 1.807) is 6.07 Å². The molecule has 6 heteroatoms.